The minimum absolute atomic E-state index is 0.0433. The van der Waals surface area contributed by atoms with Crippen molar-refractivity contribution in [1.29, 1.82) is 0 Å². The van der Waals surface area contributed by atoms with E-state index in [4.69, 9.17) is 4.74 Å². The van der Waals surface area contributed by atoms with Crippen LogP contribution in [0.3, 0.4) is 0 Å². The third-order valence-corrected chi connectivity index (χ3v) is 10.5. The van der Waals surface area contributed by atoms with E-state index in [1.165, 1.54) is 58.5 Å². The summed E-state index contributed by atoms with van der Waals surface area (Å²) in [6, 6.07) is 0. The molecule has 9 atom stereocenters. The van der Waals surface area contributed by atoms with Gasteiger partial charge in [0.1, 0.15) is 0 Å². The van der Waals surface area contributed by atoms with Gasteiger partial charge in [0.05, 0.1) is 13.2 Å². The molecule has 0 radical (unpaired) electrons. The van der Waals surface area contributed by atoms with Crippen molar-refractivity contribution in [3.8, 4) is 0 Å². The molecular weight excluding hydrogens is 360 g/mol. The van der Waals surface area contributed by atoms with Gasteiger partial charge in [-0.2, -0.15) is 0 Å². The summed E-state index contributed by atoms with van der Waals surface area (Å²) < 4.78 is 4.81. The number of carbonyl (C=O) groups is 1. The molecule has 0 spiro atoms. The van der Waals surface area contributed by atoms with Gasteiger partial charge in [-0.05, 0) is 111 Å². The molecule has 4 saturated carbocycles. The van der Waals surface area contributed by atoms with Crippen molar-refractivity contribution >= 4 is 5.97 Å². The van der Waals surface area contributed by atoms with E-state index in [-0.39, 0.29) is 12.1 Å². The molecular formula is C26H44O3. The number of unbranched alkanes of at least 4 members (excludes halogenated alkanes) is 1. The molecule has 3 heteroatoms. The van der Waals surface area contributed by atoms with Crippen LogP contribution in [0, 0.1) is 46.3 Å². The molecule has 0 bridgehead atoms. The maximum atomic E-state index is 11.4. The molecule has 4 aliphatic rings. The normalized spacial score (nSPS) is 49.1. The topological polar surface area (TPSA) is 46.5 Å². The van der Waals surface area contributed by atoms with E-state index in [1.807, 2.05) is 0 Å². The van der Waals surface area contributed by atoms with Crippen LogP contribution in [0.5, 0.6) is 0 Å². The summed E-state index contributed by atoms with van der Waals surface area (Å²) in [7, 11) is 1.49. The lowest BCUT2D eigenvalue weighted by atomic mass is 9.44. The third kappa shape index (κ3) is 3.68. The van der Waals surface area contributed by atoms with Gasteiger partial charge in [-0.3, -0.25) is 4.79 Å². The number of fused-ring (bicyclic) bond motifs is 5. The Morgan fingerprint density at radius 2 is 1.79 bits per heavy atom. The zero-order valence-corrected chi connectivity index (χ0v) is 19.3. The Balaban J connectivity index is 1.45. The molecule has 0 aromatic heterocycles. The molecule has 4 fully saturated rings. The van der Waals surface area contributed by atoms with Crippen LogP contribution in [0.4, 0.5) is 0 Å². The molecule has 4 aliphatic carbocycles. The quantitative estimate of drug-likeness (QED) is 0.452. The lowest BCUT2D eigenvalue weighted by Crippen LogP contribution is -2.54. The Bertz CT molecular complexity index is 603. The van der Waals surface area contributed by atoms with Crippen LogP contribution in [-0.4, -0.2) is 24.3 Å². The van der Waals surface area contributed by atoms with E-state index in [2.05, 4.69) is 20.8 Å². The zero-order chi connectivity index (χ0) is 20.8. The van der Waals surface area contributed by atoms with Crippen LogP contribution in [0.2, 0.25) is 0 Å². The number of ether oxygens (including phenoxy) is 1. The maximum Gasteiger partial charge on any atom is 0.305 e. The number of carbonyl (C=O) groups excluding carboxylic acids is 1. The molecule has 29 heavy (non-hydrogen) atoms. The Kier molecular flexibility index (Phi) is 6.10. The molecule has 4 rings (SSSR count). The van der Waals surface area contributed by atoms with Crippen LogP contribution in [-0.2, 0) is 9.53 Å². The van der Waals surface area contributed by atoms with Gasteiger partial charge in [-0.15, -0.1) is 0 Å². The highest BCUT2D eigenvalue weighted by molar-refractivity contribution is 5.68. The molecule has 3 nitrogen and oxygen atoms in total. The molecule has 0 heterocycles. The van der Waals surface area contributed by atoms with Crippen molar-refractivity contribution in [2.45, 2.75) is 104 Å². The van der Waals surface area contributed by atoms with Gasteiger partial charge in [-0.25, -0.2) is 0 Å². The number of hydrogen-bond acceptors (Lipinski definition) is 3. The average Bonchev–Trinajstić information content (AvgIpc) is 2.95. The fourth-order valence-corrected chi connectivity index (χ4v) is 9.14. The maximum absolute atomic E-state index is 11.4. The molecule has 0 aliphatic heterocycles. The molecule has 0 aromatic rings. The van der Waals surface area contributed by atoms with Crippen molar-refractivity contribution in [2.75, 3.05) is 7.11 Å². The Labute approximate surface area is 178 Å². The number of esters is 1. The van der Waals surface area contributed by atoms with Gasteiger partial charge in [0, 0.05) is 6.42 Å². The number of rotatable bonds is 5. The number of methoxy groups -OCH3 is 1. The fourth-order valence-electron chi connectivity index (χ4n) is 9.14. The van der Waals surface area contributed by atoms with Gasteiger partial charge < -0.3 is 9.84 Å². The number of aliphatic hydroxyl groups excluding tert-OH is 1. The number of aliphatic hydroxyl groups is 1. The monoisotopic (exact) mass is 404 g/mol. The Morgan fingerprint density at radius 3 is 2.55 bits per heavy atom. The van der Waals surface area contributed by atoms with Crippen molar-refractivity contribution in [3.63, 3.8) is 0 Å². The van der Waals surface area contributed by atoms with Crippen LogP contribution in [0.25, 0.3) is 0 Å². The summed E-state index contributed by atoms with van der Waals surface area (Å²) in [5, 5.41) is 10.3. The SMILES string of the molecule is COC(=O)CCCCC1CC(C)C2C3CCC4CC(O)CCC4(C)C3CCC12C. The zero-order valence-electron chi connectivity index (χ0n) is 19.3. The van der Waals surface area contributed by atoms with E-state index in [9.17, 15) is 9.90 Å². The molecule has 1 N–H and O–H groups in total. The highest BCUT2D eigenvalue weighted by Crippen LogP contribution is 2.69. The average molecular weight is 405 g/mol. The second-order valence-corrected chi connectivity index (χ2v) is 11.8. The first kappa shape index (κ1) is 21.7. The summed E-state index contributed by atoms with van der Waals surface area (Å²) in [4.78, 5) is 11.4. The predicted octanol–water partition coefficient (Wildman–Crippen LogP) is 5.99. The van der Waals surface area contributed by atoms with Crippen LogP contribution in [0.1, 0.15) is 97.8 Å². The van der Waals surface area contributed by atoms with Crippen molar-refractivity contribution in [3.05, 3.63) is 0 Å². The summed E-state index contributed by atoms with van der Waals surface area (Å²) in [5.41, 5.74) is 0.977. The van der Waals surface area contributed by atoms with E-state index in [0.29, 0.717) is 17.3 Å². The van der Waals surface area contributed by atoms with Gasteiger partial charge in [-0.1, -0.05) is 27.2 Å². The minimum atomic E-state index is -0.0583. The third-order valence-electron chi connectivity index (χ3n) is 10.5. The summed E-state index contributed by atoms with van der Waals surface area (Å²) >= 11 is 0. The van der Waals surface area contributed by atoms with E-state index >= 15 is 0 Å². The van der Waals surface area contributed by atoms with Crippen molar-refractivity contribution in [1.82, 2.24) is 0 Å². The molecule has 0 aromatic carbocycles. The van der Waals surface area contributed by atoms with Crippen LogP contribution >= 0.6 is 0 Å². The van der Waals surface area contributed by atoms with Crippen LogP contribution in [0.15, 0.2) is 0 Å². The first-order valence-electron chi connectivity index (χ1n) is 12.5. The second-order valence-electron chi connectivity index (χ2n) is 11.8. The molecule has 0 amide bonds. The summed E-state index contributed by atoms with van der Waals surface area (Å²) in [6.07, 6.45) is 14.2. The standard InChI is InChI=1S/C26H44O3/c1-17-15-18(7-5-6-8-23(28)29-4)26(3)14-12-22-21(24(17)26)10-9-19-16-20(27)11-13-25(19,22)2/h17-22,24,27H,5-16H2,1-4H3. The first-order valence-corrected chi connectivity index (χ1v) is 12.5. The highest BCUT2D eigenvalue weighted by Gasteiger charge is 2.61. The fraction of sp³-hybridized carbons (Fsp3) is 0.962. The molecule has 0 saturated heterocycles. The van der Waals surface area contributed by atoms with Crippen molar-refractivity contribution < 1.29 is 14.6 Å². The van der Waals surface area contributed by atoms with E-state index in [1.54, 1.807) is 0 Å². The Morgan fingerprint density at radius 1 is 1.03 bits per heavy atom. The largest absolute Gasteiger partial charge is 0.469 e. The van der Waals surface area contributed by atoms with Crippen LogP contribution < -0.4 is 0 Å². The van der Waals surface area contributed by atoms with Gasteiger partial charge in [0.2, 0.25) is 0 Å². The number of hydrogen-bond donors (Lipinski definition) is 1. The molecule has 166 valence electrons. The smallest absolute Gasteiger partial charge is 0.305 e. The Hall–Kier alpha value is -0.570. The van der Waals surface area contributed by atoms with Crippen molar-refractivity contribution in [2.24, 2.45) is 46.3 Å². The highest BCUT2D eigenvalue weighted by atomic mass is 16.5. The summed E-state index contributed by atoms with van der Waals surface area (Å²) in [6.45, 7) is 7.76. The lowest BCUT2D eigenvalue weighted by molar-refractivity contribution is -0.140. The second kappa shape index (κ2) is 8.17. The first-order chi connectivity index (χ1) is 13.8. The van der Waals surface area contributed by atoms with E-state index < -0.39 is 0 Å². The lowest BCUT2D eigenvalue weighted by Gasteiger charge is -2.61. The minimum Gasteiger partial charge on any atom is -0.469 e. The van der Waals surface area contributed by atoms with E-state index in [0.717, 1.165) is 54.8 Å². The van der Waals surface area contributed by atoms with Gasteiger partial charge in [0.15, 0.2) is 0 Å². The predicted molar refractivity (Wildman–Crippen MR) is 116 cm³/mol. The van der Waals surface area contributed by atoms with Gasteiger partial charge in [0.25, 0.3) is 0 Å². The summed E-state index contributed by atoms with van der Waals surface area (Å²) in [5.74, 6) is 5.04. The molecule has 9 unspecified atom stereocenters. The van der Waals surface area contributed by atoms with Gasteiger partial charge >= 0.3 is 5.97 Å².